The third-order valence-corrected chi connectivity index (χ3v) is 3.46. The normalized spacial score (nSPS) is 11.4. The molecular formula is C13H12ClF2N5. The molecule has 21 heavy (non-hydrogen) atoms. The summed E-state index contributed by atoms with van der Waals surface area (Å²) in [5.74, 6) is 0.267. The molecule has 110 valence electrons. The number of rotatable bonds is 4. The fourth-order valence-corrected chi connectivity index (χ4v) is 2.41. The van der Waals surface area contributed by atoms with Crippen LogP contribution in [0.25, 0.3) is 11.0 Å². The number of imidazole rings is 1. The summed E-state index contributed by atoms with van der Waals surface area (Å²) in [5, 5.41) is 7.79. The number of benzene rings is 1. The van der Waals surface area contributed by atoms with Crippen molar-refractivity contribution in [2.75, 3.05) is 5.88 Å². The Morgan fingerprint density at radius 3 is 2.71 bits per heavy atom. The van der Waals surface area contributed by atoms with E-state index in [2.05, 4.69) is 15.2 Å². The summed E-state index contributed by atoms with van der Waals surface area (Å²) in [6.45, 7) is 0.322. The largest absolute Gasteiger partial charge is 0.320 e. The summed E-state index contributed by atoms with van der Waals surface area (Å²) >= 11 is 5.77. The molecule has 8 heteroatoms. The lowest BCUT2D eigenvalue weighted by Crippen LogP contribution is -2.10. The lowest BCUT2D eigenvalue weighted by atomic mass is 10.3. The van der Waals surface area contributed by atoms with Crippen LogP contribution in [-0.4, -0.2) is 30.2 Å². The summed E-state index contributed by atoms with van der Waals surface area (Å²) < 4.78 is 30.8. The van der Waals surface area contributed by atoms with Crippen LogP contribution < -0.4 is 0 Å². The molecule has 3 rings (SSSR count). The average molecular weight is 312 g/mol. The number of nitrogens with zero attached hydrogens (tertiary/aromatic N) is 5. The van der Waals surface area contributed by atoms with Crippen LogP contribution in [-0.2, 0) is 20.0 Å². The summed E-state index contributed by atoms with van der Waals surface area (Å²) in [7, 11) is 1.80. The van der Waals surface area contributed by atoms with Crippen LogP contribution >= 0.6 is 11.6 Å². The Balaban J connectivity index is 2.18. The molecule has 0 aliphatic heterocycles. The Morgan fingerprint density at radius 1 is 1.24 bits per heavy atom. The molecule has 0 saturated heterocycles. The predicted octanol–water partition coefficient (Wildman–Crippen LogP) is 2.27. The minimum atomic E-state index is -0.683. The molecule has 0 aliphatic carbocycles. The second-order valence-corrected chi connectivity index (χ2v) is 5.04. The maximum Gasteiger partial charge on any atom is 0.153 e. The number of hydrogen-bond acceptors (Lipinski definition) is 3. The van der Waals surface area contributed by atoms with Gasteiger partial charge in [0.05, 0.1) is 12.1 Å². The van der Waals surface area contributed by atoms with Gasteiger partial charge in [-0.3, -0.25) is 0 Å². The van der Waals surface area contributed by atoms with Crippen molar-refractivity contribution < 1.29 is 8.78 Å². The summed E-state index contributed by atoms with van der Waals surface area (Å²) in [4.78, 5) is 4.23. The van der Waals surface area contributed by atoms with Gasteiger partial charge in [-0.15, -0.1) is 21.8 Å². The number of aryl methyl sites for hydroxylation is 2. The van der Waals surface area contributed by atoms with Gasteiger partial charge in [-0.25, -0.2) is 13.8 Å². The van der Waals surface area contributed by atoms with E-state index >= 15 is 0 Å². The van der Waals surface area contributed by atoms with E-state index in [0.29, 0.717) is 36.0 Å². The van der Waals surface area contributed by atoms with Gasteiger partial charge in [-0.05, 0) is 6.07 Å². The third kappa shape index (κ3) is 2.49. The molecule has 0 radical (unpaired) electrons. The van der Waals surface area contributed by atoms with Gasteiger partial charge < -0.3 is 9.13 Å². The zero-order valence-electron chi connectivity index (χ0n) is 11.2. The molecular weight excluding hydrogens is 300 g/mol. The highest BCUT2D eigenvalue weighted by Crippen LogP contribution is 2.22. The Bertz CT molecular complexity index is 795. The Labute approximate surface area is 124 Å². The van der Waals surface area contributed by atoms with Crippen LogP contribution in [0.4, 0.5) is 8.78 Å². The highest BCUT2D eigenvalue weighted by molar-refractivity contribution is 6.17. The second kappa shape index (κ2) is 5.40. The van der Waals surface area contributed by atoms with E-state index in [1.165, 1.54) is 6.07 Å². The summed E-state index contributed by atoms with van der Waals surface area (Å²) in [6, 6.07) is 2.09. The zero-order valence-corrected chi connectivity index (χ0v) is 12.0. The smallest absolute Gasteiger partial charge is 0.153 e. The van der Waals surface area contributed by atoms with Crippen LogP contribution in [0.1, 0.15) is 11.6 Å². The van der Waals surface area contributed by atoms with Crippen LogP contribution in [0.3, 0.4) is 0 Å². The highest BCUT2D eigenvalue weighted by Gasteiger charge is 2.16. The zero-order chi connectivity index (χ0) is 15.0. The number of fused-ring (bicyclic) bond motifs is 1. The van der Waals surface area contributed by atoms with E-state index in [0.717, 1.165) is 6.07 Å². The minimum absolute atomic E-state index is 0.138. The number of alkyl halides is 1. The first kappa shape index (κ1) is 13.9. The molecule has 2 heterocycles. The van der Waals surface area contributed by atoms with Gasteiger partial charge in [0.25, 0.3) is 0 Å². The van der Waals surface area contributed by atoms with Gasteiger partial charge in [-0.2, -0.15) is 0 Å². The molecule has 0 bridgehead atoms. The second-order valence-electron chi connectivity index (χ2n) is 4.67. The number of hydrogen-bond donors (Lipinski definition) is 0. The summed E-state index contributed by atoms with van der Waals surface area (Å²) in [6.07, 6.45) is 2.02. The van der Waals surface area contributed by atoms with Crippen molar-refractivity contribution in [3.05, 3.63) is 41.7 Å². The van der Waals surface area contributed by atoms with Crippen LogP contribution in [0, 0.1) is 11.6 Å². The monoisotopic (exact) mass is 311 g/mol. The van der Waals surface area contributed by atoms with Crippen molar-refractivity contribution in [2.24, 2.45) is 7.05 Å². The van der Waals surface area contributed by atoms with Crippen molar-refractivity contribution >= 4 is 22.6 Å². The van der Waals surface area contributed by atoms with E-state index in [1.807, 2.05) is 0 Å². The molecule has 1 aromatic carbocycles. The molecule has 0 aliphatic rings. The van der Waals surface area contributed by atoms with Gasteiger partial charge in [0.2, 0.25) is 0 Å². The van der Waals surface area contributed by atoms with Gasteiger partial charge >= 0.3 is 0 Å². The highest BCUT2D eigenvalue weighted by atomic mass is 35.5. The van der Waals surface area contributed by atoms with E-state index in [-0.39, 0.29) is 5.52 Å². The predicted molar refractivity (Wildman–Crippen MR) is 74.2 cm³/mol. The van der Waals surface area contributed by atoms with E-state index in [4.69, 9.17) is 11.6 Å². The van der Waals surface area contributed by atoms with E-state index in [9.17, 15) is 8.78 Å². The number of halogens is 3. The molecule has 0 amide bonds. The van der Waals surface area contributed by atoms with E-state index in [1.54, 1.807) is 22.5 Å². The maximum atomic E-state index is 13.9. The topological polar surface area (TPSA) is 48.5 Å². The van der Waals surface area contributed by atoms with Crippen molar-refractivity contribution in [1.82, 2.24) is 24.3 Å². The van der Waals surface area contributed by atoms with E-state index < -0.39 is 11.6 Å². The van der Waals surface area contributed by atoms with Crippen molar-refractivity contribution in [2.45, 2.75) is 13.0 Å². The van der Waals surface area contributed by atoms with Crippen LogP contribution in [0.15, 0.2) is 18.5 Å². The first-order chi connectivity index (χ1) is 10.1. The Morgan fingerprint density at radius 2 is 2.05 bits per heavy atom. The average Bonchev–Trinajstić information content (AvgIpc) is 2.97. The Kier molecular flexibility index (Phi) is 3.59. The molecule has 0 spiro atoms. The standard InChI is InChI=1S/C13H12ClF2N5/c1-20-7-17-19-12(20)6-21-10-5-8(15)4-9(16)13(10)18-11(21)2-3-14/h4-5,7H,2-3,6H2,1H3. The van der Waals surface area contributed by atoms with Gasteiger partial charge in [0.15, 0.2) is 11.6 Å². The molecule has 0 N–H and O–H groups in total. The number of aromatic nitrogens is 5. The lowest BCUT2D eigenvalue weighted by Gasteiger charge is -2.08. The first-order valence-electron chi connectivity index (χ1n) is 6.33. The van der Waals surface area contributed by atoms with Crippen molar-refractivity contribution in [1.29, 1.82) is 0 Å². The fraction of sp³-hybridized carbons (Fsp3) is 0.308. The molecule has 0 saturated carbocycles. The molecule has 0 fully saturated rings. The van der Waals surface area contributed by atoms with Crippen LogP contribution in [0.2, 0.25) is 0 Å². The molecule has 2 aromatic heterocycles. The fourth-order valence-electron chi connectivity index (χ4n) is 2.24. The van der Waals surface area contributed by atoms with Gasteiger partial charge in [0.1, 0.15) is 23.5 Å². The minimum Gasteiger partial charge on any atom is -0.320 e. The lowest BCUT2D eigenvalue weighted by molar-refractivity contribution is 0.590. The third-order valence-electron chi connectivity index (χ3n) is 3.27. The van der Waals surface area contributed by atoms with Crippen molar-refractivity contribution in [3.63, 3.8) is 0 Å². The molecule has 0 atom stereocenters. The SMILES string of the molecule is Cn1cnnc1Cn1c(CCCl)nc2c(F)cc(F)cc21. The molecule has 3 aromatic rings. The molecule has 5 nitrogen and oxygen atoms in total. The maximum absolute atomic E-state index is 13.9. The van der Waals surface area contributed by atoms with Crippen LogP contribution in [0.5, 0.6) is 0 Å². The van der Waals surface area contributed by atoms with Crippen molar-refractivity contribution in [3.8, 4) is 0 Å². The first-order valence-corrected chi connectivity index (χ1v) is 6.86. The summed E-state index contributed by atoms with van der Waals surface area (Å²) in [5.41, 5.74) is 0.523. The quantitative estimate of drug-likeness (QED) is 0.695. The van der Waals surface area contributed by atoms with Gasteiger partial charge in [0, 0.05) is 25.4 Å². The van der Waals surface area contributed by atoms with Gasteiger partial charge in [-0.1, -0.05) is 0 Å². The molecule has 0 unspecified atom stereocenters. The Hall–Kier alpha value is -2.02.